The van der Waals surface area contributed by atoms with Crippen molar-refractivity contribution >= 4 is 23.4 Å². The second-order valence-electron chi connectivity index (χ2n) is 4.89. The van der Waals surface area contributed by atoms with Gasteiger partial charge in [0.2, 0.25) is 0 Å². The van der Waals surface area contributed by atoms with E-state index in [0.717, 1.165) is 0 Å². The number of alkyl halides is 1. The second kappa shape index (κ2) is 6.21. The lowest BCUT2D eigenvalue weighted by atomic mass is 9.96. The summed E-state index contributed by atoms with van der Waals surface area (Å²) in [5.41, 5.74) is -0.373. The zero-order chi connectivity index (χ0) is 12.9. The number of quaternary nitrogens is 1. The minimum absolute atomic E-state index is 0.180. The van der Waals surface area contributed by atoms with Gasteiger partial charge in [-0.3, -0.25) is 9.59 Å². The molecule has 0 aromatic heterocycles. The van der Waals surface area contributed by atoms with Crippen LogP contribution in [-0.4, -0.2) is 48.0 Å². The molecule has 0 bridgehead atoms. The van der Waals surface area contributed by atoms with Crippen LogP contribution in [0.25, 0.3) is 0 Å². The van der Waals surface area contributed by atoms with Crippen LogP contribution in [0.3, 0.4) is 0 Å². The van der Waals surface area contributed by atoms with Crippen LogP contribution in [0.5, 0.6) is 0 Å². The van der Waals surface area contributed by atoms with Crippen molar-refractivity contribution in [3.05, 3.63) is 0 Å². The summed E-state index contributed by atoms with van der Waals surface area (Å²) in [6.45, 7) is 1.86. The van der Waals surface area contributed by atoms with Crippen molar-refractivity contribution in [1.29, 1.82) is 0 Å². The van der Waals surface area contributed by atoms with Gasteiger partial charge in [0.25, 0.3) is 0 Å². The highest BCUT2D eigenvalue weighted by Crippen LogP contribution is 2.20. The van der Waals surface area contributed by atoms with Crippen molar-refractivity contribution in [2.45, 2.75) is 31.7 Å². The molecule has 0 aliphatic carbocycles. The minimum Gasteiger partial charge on any atom is -0.481 e. The maximum Gasteiger partial charge on any atom is 0.314 e. The van der Waals surface area contributed by atoms with Crippen molar-refractivity contribution in [1.82, 2.24) is 0 Å². The van der Waals surface area contributed by atoms with Crippen molar-refractivity contribution in [2.75, 3.05) is 21.1 Å². The molecule has 0 aromatic carbocycles. The molecule has 94 valence electrons. The Labute approximate surface area is 102 Å². The van der Waals surface area contributed by atoms with Gasteiger partial charge in [0.15, 0.2) is 5.50 Å². The zero-order valence-electron chi connectivity index (χ0n) is 10.4. The molecule has 0 aliphatic rings. The van der Waals surface area contributed by atoms with Crippen molar-refractivity contribution in [3.63, 3.8) is 0 Å². The van der Waals surface area contributed by atoms with Crippen molar-refractivity contribution in [2.24, 2.45) is 5.92 Å². The number of carboxylic acid groups (broad SMARTS) is 1. The molecule has 5 heteroatoms. The quantitative estimate of drug-likeness (QED) is 0.324. The highest BCUT2D eigenvalue weighted by molar-refractivity contribution is 6.20. The van der Waals surface area contributed by atoms with Crippen LogP contribution in [0.1, 0.15) is 26.2 Å². The lowest BCUT2D eigenvalue weighted by molar-refractivity contribution is -0.883. The number of rotatable bonds is 7. The fourth-order valence-electron chi connectivity index (χ4n) is 1.30. The molecule has 0 spiro atoms. The first-order valence-electron chi connectivity index (χ1n) is 5.40. The van der Waals surface area contributed by atoms with Crippen LogP contribution in [0, 0.1) is 5.92 Å². The Hall–Kier alpha value is -0.610. The van der Waals surface area contributed by atoms with Gasteiger partial charge in [-0.05, 0) is 6.42 Å². The topological polar surface area (TPSA) is 54.4 Å². The number of carbonyl (C=O) groups is 2. The van der Waals surface area contributed by atoms with Gasteiger partial charge in [-0.1, -0.05) is 18.5 Å². The van der Waals surface area contributed by atoms with Gasteiger partial charge >= 0.3 is 5.97 Å². The van der Waals surface area contributed by atoms with Gasteiger partial charge < -0.3 is 9.59 Å². The minimum atomic E-state index is -1.07. The smallest absolute Gasteiger partial charge is 0.314 e. The number of nitrogens with zero attached hydrogens (tertiary/aromatic N) is 1. The predicted octanol–water partition coefficient (Wildman–Crippen LogP) is 1.72. The Bertz CT molecular complexity index is 260. The number of halogens is 1. The first-order chi connectivity index (χ1) is 7.20. The normalized spacial score (nSPS) is 15.6. The second-order valence-corrected chi connectivity index (χ2v) is 5.40. The number of carboxylic acids is 1. The molecule has 0 amide bonds. The Balaban J connectivity index is 4.58. The van der Waals surface area contributed by atoms with Gasteiger partial charge in [0.05, 0.1) is 21.1 Å². The van der Waals surface area contributed by atoms with E-state index in [2.05, 4.69) is 0 Å². The summed E-state index contributed by atoms with van der Waals surface area (Å²) in [6, 6.07) is 0. The molecule has 1 N–H and O–H groups in total. The predicted molar refractivity (Wildman–Crippen MR) is 63.3 cm³/mol. The van der Waals surface area contributed by atoms with E-state index in [1.807, 2.05) is 28.1 Å². The maximum atomic E-state index is 11.6. The van der Waals surface area contributed by atoms with Crippen LogP contribution in [0.15, 0.2) is 0 Å². The molecule has 16 heavy (non-hydrogen) atoms. The highest BCUT2D eigenvalue weighted by atomic mass is 35.5. The van der Waals surface area contributed by atoms with E-state index in [9.17, 15) is 9.59 Å². The van der Waals surface area contributed by atoms with Gasteiger partial charge in [0, 0.05) is 12.8 Å². The lowest BCUT2D eigenvalue weighted by Gasteiger charge is -2.30. The average molecular weight is 251 g/mol. The molecule has 0 saturated heterocycles. The van der Waals surface area contributed by atoms with E-state index in [0.29, 0.717) is 17.3 Å². The number of carbonyl (C=O) groups excluding carboxylic acids is 1. The van der Waals surface area contributed by atoms with E-state index in [4.69, 9.17) is 16.7 Å². The van der Waals surface area contributed by atoms with Crippen LogP contribution < -0.4 is 0 Å². The maximum absolute atomic E-state index is 11.6. The summed E-state index contributed by atoms with van der Waals surface area (Å²) >= 11 is 6.10. The Morgan fingerprint density at radius 3 is 2.12 bits per heavy atom. The molecule has 0 saturated carbocycles. The van der Waals surface area contributed by atoms with Crippen LogP contribution in [0.4, 0.5) is 0 Å². The van der Waals surface area contributed by atoms with E-state index < -0.39 is 11.9 Å². The van der Waals surface area contributed by atoms with Crippen LogP contribution in [-0.2, 0) is 9.59 Å². The molecule has 0 heterocycles. The summed E-state index contributed by atoms with van der Waals surface area (Å²) in [4.78, 5) is 22.6. The number of hydrogen-bond donors (Lipinski definition) is 1. The Morgan fingerprint density at radius 2 is 1.81 bits per heavy atom. The number of ketones is 1. The molecule has 4 nitrogen and oxygen atoms in total. The molecule has 0 aliphatic heterocycles. The van der Waals surface area contributed by atoms with Gasteiger partial charge in [-0.15, -0.1) is 0 Å². The average Bonchev–Trinajstić information content (AvgIpc) is 2.11. The molecule has 2 atom stereocenters. The van der Waals surface area contributed by atoms with Crippen molar-refractivity contribution < 1.29 is 19.2 Å². The summed E-state index contributed by atoms with van der Waals surface area (Å²) < 4.78 is 0.435. The largest absolute Gasteiger partial charge is 0.481 e. The van der Waals surface area contributed by atoms with E-state index in [-0.39, 0.29) is 17.7 Å². The zero-order valence-corrected chi connectivity index (χ0v) is 11.1. The van der Waals surface area contributed by atoms with Crippen molar-refractivity contribution in [3.8, 4) is 0 Å². The molecular formula is C11H21ClNO3+. The number of aliphatic carboxylic acids is 1. The number of Topliss-reactive ketones (excluding diaryl/α,β-unsaturated/α-hetero) is 1. The SMILES string of the molecule is CCCC(=O)[C@@H](C[C@@H](Cl)[N+](C)(C)C)C(=O)O. The Morgan fingerprint density at radius 1 is 1.31 bits per heavy atom. The summed E-state index contributed by atoms with van der Waals surface area (Å²) in [7, 11) is 5.63. The van der Waals surface area contributed by atoms with Gasteiger partial charge in [0.1, 0.15) is 11.7 Å². The molecule has 0 rings (SSSR count). The van der Waals surface area contributed by atoms with E-state index in [1.165, 1.54) is 0 Å². The van der Waals surface area contributed by atoms with Gasteiger partial charge in [-0.25, -0.2) is 0 Å². The molecule has 0 radical (unpaired) electrons. The summed E-state index contributed by atoms with van der Waals surface area (Å²) in [5, 5.41) is 9.00. The lowest BCUT2D eigenvalue weighted by Crippen LogP contribution is -2.44. The third-order valence-corrected chi connectivity index (χ3v) is 3.22. The fraction of sp³-hybridized carbons (Fsp3) is 0.818. The molecule has 0 unspecified atom stereocenters. The first kappa shape index (κ1) is 15.4. The highest BCUT2D eigenvalue weighted by Gasteiger charge is 2.33. The molecule has 0 fully saturated rings. The van der Waals surface area contributed by atoms with Crippen LogP contribution in [0.2, 0.25) is 0 Å². The Kier molecular flexibility index (Phi) is 5.97. The van der Waals surface area contributed by atoms with Crippen LogP contribution >= 0.6 is 11.6 Å². The van der Waals surface area contributed by atoms with Gasteiger partial charge in [-0.2, -0.15) is 0 Å². The first-order valence-corrected chi connectivity index (χ1v) is 5.84. The molecular weight excluding hydrogens is 230 g/mol. The third-order valence-electron chi connectivity index (χ3n) is 2.45. The monoisotopic (exact) mass is 250 g/mol. The summed E-state index contributed by atoms with van der Waals surface area (Å²) in [6.07, 6.45) is 1.15. The van der Waals surface area contributed by atoms with E-state index >= 15 is 0 Å². The summed E-state index contributed by atoms with van der Waals surface area (Å²) in [5.74, 6) is -2.27. The van der Waals surface area contributed by atoms with E-state index in [1.54, 1.807) is 0 Å². The number of hydrogen-bond acceptors (Lipinski definition) is 2. The molecule has 0 aromatic rings. The fourth-order valence-corrected chi connectivity index (χ4v) is 1.48. The standard InChI is InChI=1S/C11H20ClNO3/c1-5-6-9(14)8(11(15)16)7-10(12)13(2,3)4/h8,10H,5-7H2,1-4H3/p+1/t8-,10+/m1/s1. The third kappa shape index (κ3) is 4.94.